The second-order valence-corrected chi connectivity index (χ2v) is 22.8. The van der Waals surface area contributed by atoms with Crippen LogP contribution in [0.1, 0.15) is 71.7 Å². The average Bonchev–Trinajstić information content (AvgIpc) is 4.42. The fraction of sp³-hybridized carbons (Fsp3) is 0.176. The largest absolute Gasteiger partial charge is 0.457 e. The van der Waals surface area contributed by atoms with Crippen molar-refractivity contribution in [2.24, 2.45) is 34.5 Å². The molecule has 0 aliphatic heterocycles. The molecule has 0 aromatic heterocycles. The van der Waals surface area contributed by atoms with Crippen molar-refractivity contribution in [3.8, 4) is 46.0 Å². The summed E-state index contributed by atoms with van der Waals surface area (Å²) in [7, 11) is 0. The Kier molecular flexibility index (Phi) is 18.7. The number of carbonyl (C=O) groups is 4. The van der Waals surface area contributed by atoms with Gasteiger partial charge in [-0.1, -0.05) is 195 Å². The third-order valence-corrected chi connectivity index (χ3v) is 14.9. The number of rotatable bonds is 20. The van der Waals surface area contributed by atoms with Crippen molar-refractivity contribution in [2.45, 2.75) is 39.9 Å². The summed E-state index contributed by atoms with van der Waals surface area (Å²) >= 11 is 23.6. The van der Waals surface area contributed by atoms with E-state index in [-0.39, 0.29) is 20.8 Å². The Balaban J connectivity index is 0.000000198. The number of allylic oxidation sites excluding steroid dienone is 2. The maximum atomic E-state index is 14.0. The van der Waals surface area contributed by atoms with E-state index in [0.29, 0.717) is 68.2 Å². The molecule has 0 bridgehead atoms. The molecular weight excluding hydrogens is 1120 g/mol. The highest BCUT2D eigenvalue weighted by molar-refractivity contribution is 6.56. The van der Waals surface area contributed by atoms with Crippen LogP contribution >= 0.6 is 46.4 Å². The van der Waals surface area contributed by atoms with E-state index in [0.717, 1.165) is 0 Å². The van der Waals surface area contributed by atoms with Crippen LogP contribution in [0, 0.1) is 34.5 Å². The predicted molar refractivity (Wildman–Crippen MR) is 319 cm³/mol. The number of Topliss-reactive ketones (excluding diaryl/α,β-unsaturated/α-hetero) is 2. The van der Waals surface area contributed by atoms with E-state index < -0.39 is 58.4 Å². The van der Waals surface area contributed by atoms with E-state index in [1.165, 1.54) is 0 Å². The minimum absolute atomic E-state index is 0.0898. The summed E-state index contributed by atoms with van der Waals surface area (Å²) in [5, 5.41) is 0. The van der Waals surface area contributed by atoms with Gasteiger partial charge in [-0.15, -0.1) is 0 Å². The fourth-order valence-corrected chi connectivity index (χ4v) is 10.3. The second kappa shape index (κ2) is 26.2. The van der Waals surface area contributed by atoms with Gasteiger partial charge in [-0.25, -0.2) is 0 Å². The van der Waals surface area contributed by atoms with E-state index in [4.69, 9.17) is 74.8 Å². The number of para-hydroxylation sites is 4. The third-order valence-electron chi connectivity index (χ3n) is 14.4. The molecule has 8 aromatic rings. The quantitative estimate of drug-likeness (QED) is 0.0538. The predicted octanol–water partition coefficient (Wildman–Crippen LogP) is 18.7. The number of halogens is 4. The summed E-state index contributed by atoms with van der Waals surface area (Å²) in [5.74, 6) is 1.34. The van der Waals surface area contributed by atoms with Gasteiger partial charge in [-0.05, 0) is 132 Å². The Morgan fingerprint density at radius 3 is 0.927 bits per heavy atom. The zero-order valence-corrected chi connectivity index (χ0v) is 48.0. The number of ether oxygens (including phenoxy) is 6. The van der Waals surface area contributed by atoms with Crippen LogP contribution in [0.4, 0.5) is 0 Å². The van der Waals surface area contributed by atoms with Gasteiger partial charge in [0.2, 0.25) is 11.6 Å². The molecule has 8 aromatic carbocycles. The number of benzene rings is 8. The van der Waals surface area contributed by atoms with Crippen LogP contribution in [0.5, 0.6) is 46.0 Å². The number of ketones is 2. The molecule has 0 radical (unpaired) electrons. The maximum absolute atomic E-state index is 14.0. The van der Waals surface area contributed by atoms with Crippen LogP contribution in [-0.4, -0.2) is 23.5 Å². The molecule has 0 unspecified atom stereocenters. The summed E-state index contributed by atoms with van der Waals surface area (Å²) < 4.78 is 36.0. The molecule has 82 heavy (non-hydrogen) atoms. The first-order valence-corrected chi connectivity index (χ1v) is 27.8. The topological polar surface area (TPSA) is 124 Å². The van der Waals surface area contributed by atoms with E-state index in [2.05, 4.69) is 0 Å². The Hall–Kier alpha value is -8.12. The summed E-state index contributed by atoms with van der Waals surface area (Å²) in [4.78, 5) is 54.9. The van der Waals surface area contributed by atoms with E-state index in [1.807, 2.05) is 149 Å². The molecule has 0 amide bonds. The van der Waals surface area contributed by atoms with Crippen molar-refractivity contribution in [3.63, 3.8) is 0 Å². The Bertz CT molecular complexity index is 3360. The Morgan fingerprint density at radius 1 is 0.366 bits per heavy atom. The van der Waals surface area contributed by atoms with Gasteiger partial charge in [0.05, 0.1) is 11.8 Å². The Labute approximate surface area is 496 Å². The van der Waals surface area contributed by atoms with Crippen LogP contribution in [0.15, 0.2) is 240 Å². The molecular formula is C68H56Cl4O10. The van der Waals surface area contributed by atoms with Crippen molar-refractivity contribution in [1.29, 1.82) is 0 Å². The molecule has 0 saturated heterocycles. The van der Waals surface area contributed by atoms with Gasteiger partial charge in [-0.3, -0.25) is 19.2 Å². The molecule has 6 atom stereocenters. The smallest absolute Gasteiger partial charge is 0.311 e. The van der Waals surface area contributed by atoms with Gasteiger partial charge in [0.1, 0.15) is 55.0 Å². The number of hydrogen-bond donors (Lipinski definition) is 0. The van der Waals surface area contributed by atoms with Crippen LogP contribution < -0.4 is 18.9 Å². The lowest BCUT2D eigenvalue weighted by molar-refractivity contribution is -0.150. The van der Waals surface area contributed by atoms with Gasteiger partial charge < -0.3 is 28.4 Å². The number of hydrogen-bond acceptors (Lipinski definition) is 10. The molecule has 2 fully saturated rings. The van der Waals surface area contributed by atoms with Crippen LogP contribution in [0.2, 0.25) is 0 Å². The molecule has 2 saturated carbocycles. The van der Waals surface area contributed by atoms with Gasteiger partial charge in [-0.2, -0.15) is 0 Å². The molecule has 10 rings (SSSR count). The molecule has 2 aliphatic rings. The first kappa shape index (κ1) is 58.5. The average molecular weight is 1170 g/mol. The SMILES string of the molecule is CC1(C)[C@@H](C=C(Cl)Cl)[C@@H]1C(=O)O[C@H](C(=O)c1cccc(Oc2ccccc2)c1)c1cccc(Oc2ccccc2)c1.CC1(C)[C@H](C=C(Cl)Cl)[C@H]1C(=O)O[C@@H](C(=O)c1cccc(Oc2ccccc2)c1)c1cccc(Oc2ccccc2)c1. The zero-order valence-electron chi connectivity index (χ0n) is 45.0. The van der Waals surface area contributed by atoms with Crippen molar-refractivity contribution in [2.75, 3.05) is 0 Å². The lowest BCUT2D eigenvalue weighted by atomic mass is 9.99. The highest BCUT2D eigenvalue weighted by Crippen LogP contribution is 2.61. The summed E-state index contributed by atoms with van der Waals surface area (Å²) in [6.07, 6.45) is 0.845. The normalized spacial score (nSPS) is 17.6. The first-order valence-electron chi connectivity index (χ1n) is 26.3. The fourth-order valence-electron chi connectivity index (χ4n) is 9.78. The lowest BCUT2D eigenvalue weighted by Crippen LogP contribution is -2.22. The van der Waals surface area contributed by atoms with Crippen molar-refractivity contribution in [3.05, 3.63) is 262 Å². The summed E-state index contributed by atoms with van der Waals surface area (Å²) in [5.41, 5.74) is 0.795. The minimum Gasteiger partial charge on any atom is -0.457 e. The molecule has 0 heterocycles. The van der Waals surface area contributed by atoms with E-state index in [9.17, 15) is 19.2 Å². The van der Waals surface area contributed by atoms with E-state index in [1.54, 1.807) is 109 Å². The van der Waals surface area contributed by atoms with Crippen molar-refractivity contribution in [1.82, 2.24) is 0 Å². The maximum Gasteiger partial charge on any atom is 0.311 e. The summed E-state index contributed by atoms with van der Waals surface area (Å²) in [6, 6.07) is 64.7. The molecule has 2 aliphatic carbocycles. The van der Waals surface area contributed by atoms with Crippen LogP contribution in [-0.2, 0) is 19.1 Å². The summed E-state index contributed by atoms with van der Waals surface area (Å²) in [6.45, 7) is 7.75. The standard InChI is InChI=1S/2C34H28Cl2O5/c2*1-34(2)28(21-29(35)36)30(34)33(38)41-32(23-12-10-18-27(20-23)40-25-15-7-4-8-16-25)31(37)22-11-9-17-26(19-22)39-24-13-5-3-6-14-24/h2*3-21,28,30,32H,1-2H3/t2*28-,30+,32-/m10/s1. The van der Waals surface area contributed by atoms with Crippen molar-refractivity contribution < 1.29 is 47.6 Å². The molecule has 0 spiro atoms. The van der Waals surface area contributed by atoms with Crippen molar-refractivity contribution >= 4 is 69.9 Å². The lowest BCUT2D eigenvalue weighted by Gasteiger charge is -2.19. The Morgan fingerprint density at radius 2 is 0.634 bits per heavy atom. The van der Waals surface area contributed by atoms with Gasteiger partial charge in [0, 0.05) is 22.3 Å². The number of carbonyl (C=O) groups excluding carboxylic acids is 4. The van der Waals surface area contributed by atoms with Gasteiger partial charge >= 0.3 is 11.9 Å². The van der Waals surface area contributed by atoms with Crippen LogP contribution in [0.25, 0.3) is 0 Å². The minimum atomic E-state index is -1.22. The third kappa shape index (κ3) is 14.9. The number of esters is 2. The first-order chi connectivity index (χ1) is 39.4. The van der Waals surface area contributed by atoms with Gasteiger partial charge in [0.25, 0.3) is 0 Å². The van der Waals surface area contributed by atoms with Gasteiger partial charge in [0.15, 0.2) is 12.2 Å². The molecule has 10 nitrogen and oxygen atoms in total. The highest BCUT2D eigenvalue weighted by Gasteiger charge is 2.63. The highest BCUT2D eigenvalue weighted by atomic mass is 35.5. The zero-order chi connectivity index (χ0) is 58.0. The monoisotopic (exact) mass is 1170 g/mol. The van der Waals surface area contributed by atoms with Crippen LogP contribution in [0.3, 0.4) is 0 Å². The molecule has 416 valence electrons. The second-order valence-electron chi connectivity index (χ2n) is 20.8. The van der Waals surface area contributed by atoms with E-state index >= 15 is 0 Å². The molecule has 14 heteroatoms. The molecule has 0 N–H and O–H groups in total.